The van der Waals surface area contributed by atoms with Gasteiger partial charge in [0.25, 0.3) is 11.5 Å². The number of likely N-dealkylation sites (N-methyl/N-ethyl adjacent to an activating group) is 2. The van der Waals surface area contributed by atoms with E-state index in [0.717, 1.165) is 5.56 Å². The number of rotatable bonds is 11. The fourth-order valence-electron chi connectivity index (χ4n) is 4.75. The maximum Gasteiger partial charge on any atom is 0.268 e. The molecule has 0 aliphatic rings. The molecular weight excluding hydrogens is 594 g/mol. The molecular formula is C33H36ClN7O4. The van der Waals surface area contributed by atoms with Crippen molar-refractivity contribution in [2.75, 3.05) is 45.6 Å². The predicted octanol–water partition coefficient (Wildman–Crippen LogP) is 4.82. The van der Waals surface area contributed by atoms with Crippen LogP contribution in [0.3, 0.4) is 0 Å². The van der Waals surface area contributed by atoms with E-state index in [9.17, 15) is 14.9 Å². The molecule has 0 atom stereocenters. The van der Waals surface area contributed by atoms with Crippen molar-refractivity contribution in [1.82, 2.24) is 19.9 Å². The molecule has 0 aliphatic carbocycles. The fraction of sp³-hybridized carbons (Fsp3) is 0.303. The number of methoxy groups -OCH3 is 2. The number of pyridine rings is 1. The van der Waals surface area contributed by atoms with Gasteiger partial charge in [-0.25, -0.2) is 4.98 Å². The lowest BCUT2D eigenvalue weighted by Gasteiger charge is -2.22. The van der Waals surface area contributed by atoms with Crippen LogP contribution in [0.25, 0.3) is 22.2 Å². The molecule has 0 radical (unpaired) electrons. The van der Waals surface area contributed by atoms with E-state index in [-0.39, 0.29) is 22.7 Å². The Labute approximate surface area is 267 Å². The van der Waals surface area contributed by atoms with E-state index in [1.807, 2.05) is 38.1 Å². The highest BCUT2D eigenvalue weighted by Crippen LogP contribution is 2.38. The third-order valence-corrected chi connectivity index (χ3v) is 7.93. The number of benzene rings is 2. The van der Waals surface area contributed by atoms with Gasteiger partial charge in [0.15, 0.2) is 0 Å². The van der Waals surface area contributed by atoms with Crippen molar-refractivity contribution in [2.24, 2.45) is 0 Å². The zero-order valence-electron chi connectivity index (χ0n) is 26.4. The van der Waals surface area contributed by atoms with E-state index in [1.165, 1.54) is 19.1 Å². The average molecular weight is 630 g/mol. The molecule has 45 heavy (non-hydrogen) atoms. The number of halogens is 1. The standard InChI is InChI=1S/C33H36ClN7O4/c1-33(2,37-4)17-22(18-35)30(42)40(5)23-10-8-9-20(13-23)11-12-41-29-21(19-38-32(36-3)39-29)14-26(31(41)43)25-15-24(44-6)16-27(45-7)28(25)34/h8-10,13-17,19,37H,11-12H2,1-7H3,(H,36,38,39). The van der Waals surface area contributed by atoms with Crippen molar-refractivity contribution in [3.8, 4) is 28.7 Å². The van der Waals surface area contributed by atoms with Crippen LogP contribution < -0.4 is 30.6 Å². The minimum absolute atomic E-state index is 0.0324. The zero-order valence-corrected chi connectivity index (χ0v) is 27.1. The van der Waals surface area contributed by atoms with Crippen LogP contribution in [-0.2, 0) is 17.8 Å². The van der Waals surface area contributed by atoms with Crippen LogP contribution in [0.1, 0.15) is 19.4 Å². The summed E-state index contributed by atoms with van der Waals surface area (Å²) in [6, 6.07) is 14.5. The number of carbonyl (C=O) groups is 1. The predicted molar refractivity (Wildman–Crippen MR) is 177 cm³/mol. The molecule has 0 fully saturated rings. The van der Waals surface area contributed by atoms with Crippen molar-refractivity contribution in [3.05, 3.63) is 81.3 Å². The summed E-state index contributed by atoms with van der Waals surface area (Å²) in [5, 5.41) is 16.6. The number of ether oxygens (including phenoxy) is 2. The summed E-state index contributed by atoms with van der Waals surface area (Å²) < 4.78 is 12.5. The Balaban J connectivity index is 1.75. The average Bonchev–Trinajstić information content (AvgIpc) is 3.06. The first-order chi connectivity index (χ1) is 21.5. The van der Waals surface area contributed by atoms with Gasteiger partial charge in [0.1, 0.15) is 28.8 Å². The van der Waals surface area contributed by atoms with Crippen molar-refractivity contribution < 1.29 is 14.3 Å². The largest absolute Gasteiger partial charge is 0.497 e. The van der Waals surface area contributed by atoms with Crippen LogP contribution >= 0.6 is 11.6 Å². The number of aromatic nitrogens is 3. The molecule has 4 aromatic rings. The molecule has 2 heterocycles. The van der Waals surface area contributed by atoms with Gasteiger partial charge < -0.3 is 25.0 Å². The molecule has 0 bridgehead atoms. The number of nitrogens with zero attached hydrogens (tertiary/aromatic N) is 5. The molecule has 234 valence electrons. The zero-order chi connectivity index (χ0) is 32.9. The molecule has 0 aliphatic heterocycles. The third-order valence-electron chi connectivity index (χ3n) is 7.54. The van der Waals surface area contributed by atoms with Gasteiger partial charge in [-0.3, -0.25) is 14.2 Å². The number of carbonyl (C=O) groups excluding carboxylic acids is 1. The summed E-state index contributed by atoms with van der Waals surface area (Å²) in [6.07, 6.45) is 3.71. The van der Waals surface area contributed by atoms with Gasteiger partial charge in [-0.05, 0) is 63.2 Å². The minimum Gasteiger partial charge on any atom is -0.497 e. The highest BCUT2D eigenvalue weighted by atomic mass is 35.5. The summed E-state index contributed by atoms with van der Waals surface area (Å²) in [4.78, 5) is 37.7. The molecule has 4 rings (SSSR count). The minimum atomic E-state index is -0.537. The molecule has 12 heteroatoms. The highest BCUT2D eigenvalue weighted by Gasteiger charge is 2.22. The molecule has 2 aromatic carbocycles. The van der Waals surface area contributed by atoms with E-state index < -0.39 is 11.4 Å². The van der Waals surface area contributed by atoms with E-state index in [2.05, 4.69) is 20.6 Å². The summed E-state index contributed by atoms with van der Waals surface area (Å²) in [7, 11) is 8.12. The van der Waals surface area contributed by atoms with Gasteiger partial charge in [-0.15, -0.1) is 0 Å². The number of nitriles is 1. The Morgan fingerprint density at radius 2 is 1.91 bits per heavy atom. The Morgan fingerprint density at radius 3 is 2.56 bits per heavy atom. The normalized spacial score (nSPS) is 11.7. The van der Waals surface area contributed by atoms with Gasteiger partial charge in [0.2, 0.25) is 5.95 Å². The van der Waals surface area contributed by atoms with Crippen LogP contribution in [0.15, 0.2) is 65.1 Å². The van der Waals surface area contributed by atoms with E-state index in [4.69, 9.17) is 21.1 Å². The number of hydrogen-bond donors (Lipinski definition) is 2. The monoisotopic (exact) mass is 629 g/mol. The first-order valence-electron chi connectivity index (χ1n) is 14.2. The summed E-state index contributed by atoms with van der Waals surface area (Å²) in [6.45, 7) is 4.02. The first kappa shape index (κ1) is 33.0. The van der Waals surface area contributed by atoms with E-state index >= 15 is 0 Å². The molecule has 0 saturated heterocycles. The second-order valence-electron chi connectivity index (χ2n) is 10.9. The summed E-state index contributed by atoms with van der Waals surface area (Å²) in [5.74, 6) is 0.806. The van der Waals surface area contributed by atoms with Crippen LogP contribution in [-0.4, -0.2) is 61.3 Å². The third kappa shape index (κ3) is 7.09. The number of anilines is 2. The summed E-state index contributed by atoms with van der Waals surface area (Å²) in [5.41, 5.74) is 1.92. The van der Waals surface area contributed by atoms with Gasteiger partial charge in [0.05, 0.1) is 19.2 Å². The molecule has 0 unspecified atom stereocenters. The van der Waals surface area contributed by atoms with Crippen LogP contribution in [0.4, 0.5) is 11.6 Å². The van der Waals surface area contributed by atoms with Crippen LogP contribution in [0, 0.1) is 11.3 Å². The highest BCUT2D eigenvalue weighted by molar-refractivity contribution is 6.35. The number of nitrogens with one attached hydrogen (secondary N) is 2. The summed E-state index contributed by atoms with van der Waals surface area (Å²) >= 11 is 6.69. The lowest BCUT2D eigenvalue weighted by Crippen LogP contribution is -2.36. The quantitative estimate of drug-likeness (QED) is 0.177. The van der Waals surface area contributed by atoms with Gasteiger partial charge in [-0.2, -0.15) is 10.2 Å². The SMILES string of the molecule is CNc1ncc2cc(-c3cc(OC)cc(OC)c3Cl)c(=O)n(CCc3cccc(N(C)C(=O)C(C#N)=CC(C)(C)NC)c3)c2n1. The maximum atomic E-state index is 14.1. The Kier molecular flexibility index (Phi) is 10.1. The second-order valence-corrected chi connectivity index (χ2v) is 11.2. The molecule has 11 nitrogen and oxygen atoms in total. The molecule has 0 spiro atoms. The van der Waals surface area contributed by atoms with Crippen molar-refractivity contribution >= 4 is 40.2 Å². The van der Waals surface area contributed by atoms with Crippen molar-refractivity contribution in [1.29, 1.82) is 5.26 Å². The number of fused-ring (bicyclic) bond motifs is 1. The number of hydrogen-bond acceptors (Lipinski definition) is 9. The van der Waals surface area contributed by atoms with Crippen LogP contribution in [0.5, 0.6) is 11.5 Å². The Morgan fingerprint density at radius 1 is 1.16 bits per heavy atom. The lowest BCUT2D eigenvalue weighted by molar-refractivity contribution is -0.114. The fourth-order valence-corrected chi connectivity index (χ4v) is 5.04. The maximum absolute atomic E-state index is 14.1. The van der Waals surface area contributed by atoms with Gasteiger partial charge in [0, 0.05) is 60.6 Å². The Hall–Kier alpha value is -4.92. The molecule has 1 amide bonds. The van der Waals surface area contributed by atoms with Crippen molar-refractivity contribution in [2.45, 2.75) is 32.4 Å². The topological polar surface area (TPSA) is 134 Å². The van der Waals surface area contributed by atoms with E-state index in [0.29, 0.717) is 51.7 Å². The molecule has 0 saturated carbocycles. The molecule has 2 N–H and O–H groups in total. The van der Waals surface area contributed by atoms with Gasteiger partial charge >= 0.3 is 0 Å². The smallest absolute Gasteiger partial charge is 0.268 e. The lowest BCUT2D eigenvalue weighted by atomic mass is 10.0. The van der Waals surface area contributed by atoms with E-state index in [1.54, 1.807) is 62.2 Å². The Bertz CT molecular complexity index is 1880. The first-order valence-corrected chi connectivity index (χ1v) is 14.5. The van der Waals surface area contributed by atoms with Gasteiger partial charge in [-0.1, -0.05) is 23.7 Å². The second kappa shape index (κ2) is 13.8. The van der Waals surface area contributed by atoms with Crippen molar-refractivity contribution in [3.63, 3.8) is 0 Å². The molecule has 2 aromatic heterocycles. The number of aryl methyl sites for hydroxylation is 2. The van der Waals surface area contributed by atoms with Crippen LogP contribution in [0.2, 0.25) is 5.02 Å². The number of amides is 1.